The molecule has 1 unspecified atom stereocenters. The maximum atomic E-state index is 10.9. The van der Waals surface area contributed by atoms with Crippen molar-refractivity contribution >= 4 is 33.7 Å². The maximum absolute atomic E-state index is 10.9. The van der Waals surface area contributed by atoms with Crippen LogP contribution < -0.4 is 0 Å². The van der Waals surface area contributed by atoms with Gasteiger partial charge in [-0.2, -0.15) is 0 Å². The summed E-state index contributed by atoms with van der Waals surface area (Å²) in [6, 6.07) is 0. The van der Waals surface area contributed by atoms with Gasteiger partial charge >= 0.3 is 0 Å². The second-order valence-corrected chi connectivity index (χ2v) is 8.17. The van der Waals surface area contributed by atoms with Crippen molar-refractivity contribution in [2.24, 2.45) is 5.92 Å². The number of rotatable bonds is 19. The maximum Gasteiger partial charge on any atom is 0.221 e. The lowest BCUT2D eigenvalue weighted by molar-refractivity contribution is -0.113. The highest BCUT2D eigenvalue weighted by Crippen LogP contribution is 2.19. The third-order valence-electron chi connectivity index (χ3n) is 5.01. The van der Waals surface area contributed by atoms with Gasteiger partial charge in [0.25, 0.3) is 0 Å². The van der Waals surface area contributed by atoms with Crippen molar-refractivity contribution < 1.29 is 9.59 Å². The molecule has 0 rings (SSSR count). The molecule has 0 aliphatic heterocycles. The summed E-state index contributed by atoms with van der Waals surface area (Å²) in [4.78, 5) is 21.5. The highest BCUT2D eigenvalue weighted by Gasteiger charge is 2.09. The molecule has 4 heteroatoms. The molecular weight excluding hydrogens is 355 g/mol. The minimum atomic E-state index is -0.199. The van der Waals surface area contributed by atoms with E-state index in [1.807, 2.05) is 0 Å². The molecule has 0 aliphatic carbocycles. The first-order chi connectivity index (χ1) is 12.1. The van der Waals surface area contributed by atoms with E-state index < -0.39 is 0 Å². The largest absolute Gasteiger partial charge is 0.281 e. The molecule has 0 amide bonds. The van der Waals surface area contributed by atoms with Gasteiger partial charge in [0.2, 0.25) is 10.5 Å². The lowest BCUT2D eigenvalue weighted by Crippen LogP contribution is -2.03. The van der Waals surface area contributed by atoms with E-state index in [1.165, 1.54) is 70.6 Å². The zero-order chi connectivity index (χ0) is 18.8. The highest BCUT2D eigenvalue weighted by atomic mass is 35.5. The molecule has 0 heterocycles. The third-order valence-corrected chi connectivity index (χ3v) is 5.36. The Morgan fingerprint density at radius 1 is 0.640 bits per heavy atom. The minimum Gasteiger partial charge on any atom is -0.281 e. The Kier molecular flexibility index (Phi) is 18.6. The van der Waals surface area contributed by atoms with Crippen LogP contribution in [0.3, 0.4) is 0 Å². The second kappa shape index (κ2) is 18.7. The van der Waals surface area contributed by atoms with E-state index in [-0.39, 0.29) is 10.5 Å². The van der Waals surface area contributed by atoms with Crippen molar-refractivity contribution in [2.45, 2.75) is 116 Å². The van der Waals surface area contributed by atoms with Crippen LogP contribution in [0.15, 0.2) is 0 Å². The molecular formula is C21H38Cl2O2. The van der Waals surface area contributed by atoms with Crippen LogP contribution in [-0.2, 0) is 9.59 Å². The van der Waals surface area contributed by atoms with E-state index >= 15 is 0 Å². The summed E-state index contributed by atoms with van der Waals surface area (Å²) in [6.07, 6.45) is 19.8. The summed E-state index contributed by atoms with van der Waals surface area (Å²) < 4.78 is 0. The monoisotopic (exact) mass is 392 g/mol. The first-order valence-electron chi connectivity index (χ1n) is 10.4. The first kappa shape index (κ1) is 24.9. The van der Waals surface area contributed by atoms with E-state index in [1.54, 1.807) is 0 Å². The summed E-state index contributed by atoms with van der Waals surface area (Å²) in [6.45, 7) is 2.14. The molecule has 0 spiro atoms. The Balaban J connectivity index is 3.18. The van der Waals surface area contributed by atoms with Crippen LogP contribution in [0.1, 0.15) is 116 Å². The van der Waals surface area contributed by atoms with Gasteiger partial charge in [-0.1, -0.05) is 90.4 Å². The van der Waals surface area contributed by atoms with Gasteiger partial charge in [-0.05, 0) is 42.0 Å². The number of halogens is 2. The second-order valence-electron chi connectivity index (χ2n) is 7.32. The molecule has 0 aromatic rings. The van der Waals surface area contributed by atoms with Crippen molar-refractivity contribution in [1.82, 2.24) is 0 Å². The molecule has 1 atom stereocenters. The van der Waals surface area contributed by atoms with E-state index in [0.29, 0.717) is 18.8 Å². The standard InChI is InChI=1S/C21H38Cl2O2/c1-2-19(18-21(23)25)16-14-12-10-8-6-4-3-5-7-9-11-13-15-17-20(22)24/h19H,2-18H2,1H3. The number of carbonyl (C=O) groups is 2. The van der Waals surface area contributed by atoms with Gasteiger partial charge in [-0.25, -0.2) is 0 Å². The Labute approximate surface area is 165 Å². The number of hydrogen-bond donors (Lipinski definition) is 0. The van der Waals surface area contributed by atoms with Crippen molar-refractivity contribution in [1.29, 1.82) is 0 Å². The van der Waals surface area contributed by atoms with Gasteiger partial charge in [0, 0.05) is 12.8 Å². The molecule has 0 aliphatic rings. The van der Waals surface area contributed by atoms with E-state index in [9.17, 15) is 9.59 Å². The van der Waals surface area contributed by atoms with E-state index in [0.717, 1.165) is 25.7 Å². The normalized spacial score (nSPS) is 12.3. The lowest BCUT2D eigenvalue weighted by Gasteiger charge is -2.11. The van der Waals surface area contributed by atoms with Crippen molar-refractivity contribution in [2.75, 3.05) is 0 Å². The number of carbonyl (C=O) groups excluding carboxylic acids is 2. The molecule has 0 N–H and O–H groups in total. The highest BCUT2D eigenvalue weighted by molar-refractivity contribution is 6.63. The van der Waals surface area contributed by atoms with Gasteiger partial charge < -0.3 is 0 Å². The predicted molar refractivity (Wildman–Crippen MR) is 109 cm³/mol. The van der Waals surface area contributed by atoms with Crippen LogP contribution in [0, 0.1) is 5.92 Å². The van der Waals surface area contributed by atoms with E-state index in [2.05, 4.69) is 6.92 Å². The van der Waals surface area contributed by atoms with Gasteiger partial charge in [0.05, 0.1) is 0 Å². The average Bonchev–Trinajstić information content (AvgIpc) is 2.56. The molecule has 0 radical (unpaired) electrons. The first-order valence-corrected chi connectivity index (χ1v) is 11.2. The molecule has 0 saturated carbocycles. The number of unbranched alkanes of at least 4 members (excludes halogenated alkanes) is 12. The molecule has 148 valence electrons. The fraction of sp³-hybridized carbons (Fsp3) is 0.905. The molecule has 0 fully saturated rings. The minimum absolute atomic E-state index is 0.183. The summed E-state index contributed by atoms with van der Waals surface area (Å²) in [5, 5.41) is -0.382. The molecule has 0 aromatic carbocycles. The number of hydrogen-bond acceptors (Lipinski definition) is 2. The summed E-state index contributed by atoms with van der Waals surface area (Å²) in [7, 11) is 0. The van der Waals surface area contributed by atoms with Crippen LogP contribution in [0.4, 0.5) is 0 Å². The topological polar surface area (TPSA) is 34.1 Å². The quantitative estimate of drug-likeness (QED) is 0.166. The molecule has 0 saturated heterocycles. The van der Waals surface area contributed by atoms with Gasteiger partial charge in [0.1, 0.15) is 0 Å². The molecule has 0 aromatic heterocycles. The van der Waals surface area contributed by atoms with Crippen molar-refractivity contribution in [3.8, 4) is 0 Å². The fourth-order valence-electron chi connectivity index (χ4n) is 3.32. The summed E-state index contributed by atoms with van der Waals surface area (Å²) >= 11 is 10.8. The zero-order valence-corrected chi connectivity index (χ0v) is 17.7. The Bertz CT molecular complexity index is 332. The van der Waals surface area contributed by atoms with Crippen molar-refractivity contribution in [3.05, 3.63) is 0 Å². The van der Waals surface area contributed by atoms with Gasteiger partial charge in [-0.15, -0.1) is 0 Å². The van der Waals surface area contributed by atoms with Crippen LogP contribution in [0.2, 0.25) is 0 Å². The van der Waals surface area contributed by atoms with Crippen LogP contribution >= 0.6 is 23.2 Å². The zero-order valence-electron chi connectivity index (χ0n) is 16.2. The molecule has 2 nitrogen and oxygen atoms in total. The average molecular weight is 393 g/mol. The lowest BCUT2D eigenvalue weighted by atomic mass is 9.95. The van der Waals surface area contributed by atoms with Crippen LogP contribution in [0.25, 0.3) is 0 Å². The Hall–Kier alpha value is -0.0800. The van der Waals surface area contributed by atoms with Crippen LogP contribution in [-0.4, -0.2) is 10.5 Å². The summed E-state index contributed by atoms with van der Waals surface area (Å²) in [5.74, 6) is 0.487. The Morgan fingerprint density at radius 3 is 1.40 bits per heavy atom. The molecule has 25 heavy (non-hydrogen) atoms. The molecule has 0 bridgehead atoms. The van der Waals surface area contributed by atoms with Gasteiger partial charge in [0.15, 0.2) is 0 Å². The fourth-order valence-corrected chi connectivity index (χ4v) is 3.67. The third kappa shape index (κ3) is 20.1. The van der Waals surface area contributed by atoms with Crippen LogP contribution in [0.5, 0.6) is 0 Å². The smallest absolute Gasteiger partial charge is 0.221 e. The predicted octanol–water partition coefficient (Wildman–Crippen LogP) is 7.79. The van der Waals surface area contributed by atoms with Gasteiger partial charge in [-0.3, -0.25) is 9.59 Å². The SMILES string of the molecule is CCC(CCCCCCCCCCCCCCCC(=O)Cl)CC(=O)Cl. The van der Waals surface area contributed by atoms with E-state index in [4.69, 9.17) is 23.2 Å². The summed E-state index contributed by atoms with van der Waals surface area (Å²) in [5.41, 5.74) is 0. The Morgan fingerprint density at radius 2 is 1.04 bits per heavy atom. The van der Waals surface area contributed by atoms with Crippen molar-refractivity contribution in [3.63, 3.8) is 0 Å².